The number of carbonyl (C=O) groups is 2. The van der Waals surface area contributed by atoms with Gasteiger partial charge in [-0.3, -0.25) is 14.3 Å². The van der Waals surface area contributed by atoms with Crippen LogP contribution < -0.4 is 5.32 Å². The summed E-state index contributed by atoms with van der Waals surface area (Å²) in [5.74, 6) is -0.396. The first-order chi connectivity index (χ1) is 11.1. The highest BCUT2D eigenvalue weighted by atomic mass is 16.2. The van der Waals surface area contributed by atoms with Gasteiger partial charge in [0.1, 0.15) is 5.69 Å². The Hall–Kier alpha value is -3.15. The third-order valence-electron chi connectivity index (χ3n) is 3.41. The molecular formula is C17H16N4O2. The number of nitrogens with zero attached hydrogens (tertiary/aromatic N) is 2. The first-order valence-electron chi connectivity index (χ1n) is 7.19. The van der Waals surface area contributed by atoms with Crippen LogP contribution in [0.2, 0.25) is 0 Å². The highest BCUT2D eigenvalue weighted by Crippen LogP contribution is 2.11. The number of H-pyrrole nitrogens is 1. The molecule has 6 nitrogen and oxygen atoms in total. The smallest absolute Gasteiger partial charge is 0.272 e. The third-order valence-corrected chi connectivity index (χ3v) is 3.41. The summed E-state index contributed by atoms with van der Waals surface area (Å²) >= 11 is 0. The van der Waals surface area contributed by atoms with Gasteiger partial charge in [0, 0.05) is 18.0 Å². The fraction of sp³-hybridized carbons (Fsp3) is 0.118. The third kappa shape index (κ3) is 3.55. The number of aromatic nitrogens is 3. The second kappa shape index (κ2) is 6.31. The summed E-state index contributed by atoms with van der Waals surface area (Å²) in [7, 11) is 0. The van der Waals surface area contributed by atoms with E-state index in [0.29, 0.717) is 23.5 Å². The van der Waals surface area contributed by atoms with Crippen molar-refractivity contribution in [2.24, 2.45) is 0 Å². The van der Waals surface area contributed by atoms with E-state index in [1.165, 1.54) is 19.2 Å². The first-order valence-corrected chi connectivity index (χ1v) is 7.19. The van der Waals surface area contributed by atoms with E-state index in [-0.39, 0.29) is 11.7 Å². The minimum absolute atomic E-state index is 0.0871. The lowest BCUT2D eigenvalue weighted by Crippen LogP contribution is -2.11. The molecule has 23 heavy (non-hydrogen) atoms. The summed E-state index contributed by atoms with van der Waals surface area (Å²) in [6, 6.07) is 11.5. The molecule has 0 aliphatic heterocycles. The second-order valence-electron chi connectivity index (χ2n) is 5.22. The second-order valence-corrected chi connectivity index (χ2v) is 5.22. The van der Waals surface area contributed by atoms with E-state index >= 15 is 0 Å². The molecule has 0 spiro atoms. The summed E-state index contributed by atoms with van der Waals surface area (Å²) in [4.78, 5) is 26.2. The molecule has 0 fully saturated rings. The molecule has 2 heterocycles. The minimum atomic E-state index is -0.309. The molecular weight excluding hydrogens is 292 g/mol. The lowest BCUT2D eigenvalue weighted by Gasteiger charge is -2.01. The van der Waals surface area contributed by atoms with Crippen LogP contribution in [0.5, 0.6) is 0 Å². The molecule has 0 saturated carbocycles. The van der Waals surface area contributed by atoms with Gasteiger partial charge in [0.2, 0.25) is 0 Å². The van der Waals surface area contributed by atoms with Gasteiger partial charge in [0.05, 0.1) is 18.4 Å². The Morgan fingerprint density at radius 1 is 1.26 bits per heavy atom. The van der Waals surface area contributed by atoms with Crippen molar-refractivity contribution in [2.75, 3.05) is 5.32 Å². The number of nitrogens with one attached hydrogen (secondary N) is 2. The number of Topliss-reactive ketones (excluding diaryl/α,β-unsaturated/α-hetero) is 1. The van der Waals surface area contributed by atoms with E-state index in [9.17, 15) is 9.59 Å². The molecule has 116 valence electrons. The molecule has 1 aromatic carbocycles. The highest BCUT2D eigenvalue weighted by molar-refractivity contribution is 6.05. The molecule has 0 unspecified atom stereocenters. The normalized spacial score (nSPS) is 10.5. The van der Waals surface area contributed by atoms with E-state index in [1.807, 2.05) is 30.3 Å². The maximum absolute atomic E-state index is 12.1. The van der Waals surface area contributed by atoms with E-state index < -0.39 is 0 Å². The van der Waals surface area contributed by atoms with Crippen molar-refractivity contribution in [3.8, 4) is 0 Å². The van der Waals surface area contributed by atoms with Crippen molar-refractivity contribution in [2.45, 2.75) is 13.5 Å². The van der Waals surface area contributed by atoms with Gasteiger partial charge in [-0.1, -0.05) is 30.3 Å². The number of ketones is 1. The van der Waals surface area contributed by atoms with Crippen LogP contribution in [0.4, 0.5) is 5.69 Å². The van der Waals surface area contributed by atoms with E-state index in [0.717, 1.165) is 5.56 Å². The van der Waals surface area contributed by atoms with Crippen molar-refractivity contribution < 1.29 is 9.59 Å². The van der Waals surface area contributed by atoms with E-state index in [4.69, 9.17) is 0 Å². The lowest BCUT2D eigenvalue weighted by molar-refractivity contribution is 0.101. The van der Waals surface area contributed by atoms with Gasteiger partial charge in [0.25, 0.3) is 5.91 Å². The molecule has 0 radical (unpaired) electrons. The SMILES string of the molecule is CC(=O)c1c[nH]c(C(=O)Nc2cnn(Cc3ccccc3)c2)c1. The Labute approximate surface area is 133 Å². The summed E-state index contributed by atoms with van der Waals surface area (Å²) in [6.07, 6.45) is 4.88. The lowest BCUT2D eigenvalue weighted by atomic mass is 10.2. The molecule has 3 aromatic rings. The zero-order valence-electron chi connectivity index (χ0n) is 12.6. The maximum Gasteiger partial charge on any atom is 0.272 e. The number of anilines is 1. The minimum Gasteiger partial charge on any atom is -0.356 e. The van der Waals surface area contributed by atoms with Crippen molar-refractivity contribution >= 4 is 17.4 Å². The average Bonchev–Trinajstić information content (AvgIpc) is 3.18. The zero-order chi connectivity index (χ0) is 16.2. The molecule has 6 heteroatoms. The largest absolute Gasteiger partial charge is 0.356 e. The van der Waals surface area contributed by atoms with Gasteiger partial charge in [-0.15, -0.1) is 0 Å². The van der Waals surface area contributed by atoms with Gasteiger partial charge in [-0.2, -0.15) is 5.10 Å². The Morgan fingerprint density at radius 2 is 2.04 bits per heavy atom. The molecule has 0 aliphatic rings. The molecule has 0 aliphatic carbocycles. The van der Waals surface area contributed by atoms with Crippen molar-refractivity contribution in [1.82, 2.24) is 14.8 Å². The fourth-order valence-corrected chi connectivity index (χ4v) is 2.21. The quantitative estimate of drug-likeness (QED) is 0.711. The van der Waals surface area contributed by atoms with Crippen LogP contribution in [0, 0.1) is 0 Å². The van der Waals surface area contributed by atoms with Gasteiger partial charge in [-0.25, -0.2) is 0 Å². The molecule has 0 saturated heterocycles. The summed E-state index contributed by atoms with van der Waals surface area (Å²) < 4.78 is 1.75. The van der Waals surface area contributed by atoms with Crippen LogP contribution in [-0.2, 0) is 6.54 Å². The monoisotopic (exact) mass is 308 g/mol. The van der Waals surface area contributed by atoms with Gasteiger partial charge < -0.3 is 10.3 Å². The molecule has 3 rings (SSSR count). The van der Waals surface area contributed by atoms with Gasteiger partial charge >= 0.3 is 0 Å². The van der Waals surface area contributed by atoms with Crippen LogP contribution in [0.15, 0.2) is 55.0 Å². The standard InChI is InChI=1S/C17H16N4O2/c1-12(22)14-7-16(18-8-14)17(23)20-15-9-19-21(11-15)10-13-5-3-2-4-6-13/h2-9,11,18H,10H2,1H3,(H,20,23). The average molecular weight is 308 g/mol. The highest BCUT2D eigenvalue weighted by Gasteiger charge is 2.11. The summed E-state index contributed by atoms with van der Waals surface area (Å²) in [6.45, 7) is 2.09. The Bertz CT molecular complexity index is 833. The van der Waals surface area contributed by atoms with Crippen LogP contribution >= 0.6 is 0 Å². The number of hydrogen-bond donors (Lipinski definition) is 2. The number of rotatable bonds is 5. The topological polar surface area (TPSA) is 79.8 Å². The molecule has 2 N–H and O–H groups in total. The predicted molar refractivity (Wildman–Crippen MR) is 86.5 cm³/mol. The number of hydrogen-bond acceptors (Lipinski definition) is 3. The molecule has 1 amide bonds. The van der Waals surface area contributed by atoms with Crippen LogP contribution in [0.1, 0.15) is 33.3 Å². The summed E-state index contributed by atoms with van der Waals surface area (Å²) in [5, 5.41) is 6.98. The van der Waals surface area contributed by atoms with Crippen LogP contribution in [-0.4, -0.2) is 26.5 Å². The van der Waals surface area contributed by atoms with Crippen molar-refractivity contribution in [3.63, 3.8) is 0 Å². The molecule has 0 atom stereocenters. The number of aromatic amines is 1. The van der Waals surface area contributed by atoms with Crippen LogP contribution in [0.25, 0.3) is 0 Å². The van der Waals surface area contributed by atoms with E-state index in [1.54, 1.807) is 17.1 Å². The number of amides is 1. The first kappa shape index (κ1) is 14.8. The van der Waals surface area contributed by atoms with Gasteiger partial charge in [0.15, 0.2) is 5.78 Å². The van der Waals surface area contributed by atoms with Crippen molar-refractivity contribution in [3.05, 3.63) is 71.8 Å². The van der Waals surface area contributed by atoms with Crippen LogP contribution in [0.3, 0.4) is 0 Å². The van der Waals surface area contributed by atoms with E-state index in [2.05, 4.69) is 15.4 Å². The van der Waals surface area contributed by atoms with Crippen molar-refractivity contribution in [1.29, 1.82) is 0 Å². The molecule has 0 bridgehead atoms. The Balaban J connectivity index is 1.66. The summed E-state index contributed by atoms with van der Waals surface area (Å²) in [5.41, 5.74) is 2.55. The zero-order valence-corrected chi connectivity index (χ0v) is 12.6. The Kier molecular flexibility index (Phi) is 4.05. The van der Waals surface area contributed by atoms with Gasteiger partial charge in [-0.05, 0) is 18.6 Å². The maximum atomic E-state index is 12.1. The molecule has 2 aromatic heterocycles. The Morgan fingerprint density at radius 3 is 2.74 bits per heavy atom. The number of benzene rings is 1. The number of carbonyl (C=O) groups excluding carboxylic acids is 2. The fourth-order valence-electron chi connectivity index (χ4n) is 2.21. The predicted octanol–water partition coefficient (Wildman–Crippen LogP) is 2.71.